The predicted octanol–water partition coefficient (Wildman–Crippen LogP) is 3.47. The Morgan fingerprint density at radius 1 is 1.41 bits per heavy atom. The van der Waals surface area contributed by atoms with Crippen molar-refractivity contribution in [3.05, 3.63) is 18.3 Å². The summed E-state index contributed by atoms with van der Waals surface area (Å²) in [5.41, 5.74) is 0. The smallest absolute Gasteiger partial charge is 0.168 e. The minimum absolute atomic E-state index is 0.553. The lowest BCUT2D eigenvalue weighted by Crippen LogP contribution is -2.32. The van der Waals surface area contributed by atoms with E-state index in [4.69, 9.17) is 4.74 Å². The van der Waals surface area contributed by atoms with Crippen molar-refractivity contribution in [3.8, 4) is 5.75 Å². The third kappa shape index (κ3) is 2.90. The van der Waals surface area contributed by atoms with E-state index in [1.54, 1.807) is 7.11 Å². The van der Waals surface area contributed by atoms with E-state index in [-0.39, 0.29) is 0 Å². The van der Waals surface area contributed by atoms with E-state index in [1.807, 2.05) is 18.3 Å². The lowest BCUT2D eigenvalue weighted by Gasteiger charge is -2.32. The van der Waals surface area contributed by atoms with E-state index in [9.17, 15) is 0 Å². The first-order valence-corrected chi connectivity index (χ1v) is 6.60. The highest BCUT2D eigenvalue weighted by atomic mass is 16.5. The molecule has 1 heterocycles. The van der Waals surface area contributed by atoms with Gasteiger partial charge >= 0.3 is 0 Å². The van der Waals surface area contributed by atoms with E-state index in [0.29, 0.717) is 6.04 Å². The highest BCUT2D eigenvalue weighted by Crippen LogP contribution is 2.31. The summed E-state index contributed by atoms with van der Waals surface area (Å²) in [6, 6.07) is 4.42. The quantitative estimate of drug-likeness (QED) is 0.866. The first kappa shape index (κ1) is 12.2. The largest absolute Gasteiger partial charge is 0.493 e. The predicted molar refractivity (Wildman–Crippen MR) is 70.4 cm³/mol. The zero-order chi connectivity index (χ0) is 12.1. The fourth-order valence-electron chi connectivity index (χ4n) is 2.73. The van der Waals surface area contributed by atoms with Gasteiger partial charge in [-0.2, -0.15) is 0 Å². The van der Waals surface area contributed by atoms with Crippen LogP contribution in [0.5, 0.6) is 5.75 Å². The van der Waals surface area contributed by atoms with Gasteiger partial charge in [-0.1, -0.05) is 26.2 Å². The Balaban J connectivity index is 2.08. The first-order valence-electron chi connectivity index (χ1n) is 6.60. The van der Waals surface area contributed by atoms with Crippen LogP contribution < -0.4 is 10.1 Å². The SMILES string of the molecule is CCC1CCCCC1Nc1ncccc1OC. The number of methoxy groups -OCH3 is 1. The Hall–Kier alpha value is -1.25. The van der Waals surface area contributed by atoms with Gasteiger partial charge in [0.05, 0.1) is 7.11 Å². The number of nitrogens with one attached hydrogen (secondary N) is 1. The van der Waals surface area contributed by atoms with E-state index in [1.165, 1.54) is 32.1 Å². The van der Waals surface area contributed by atoms with Gasteiger partial charge in [0.25, 0.3) is 0 Å². The van der Waals surface area contributed by atoms with Crippen molar-refractivity contribution in [3.63, 3.8) is 0 Å². The van der Waals surface area contributed by atoms with Crippen LogP contribution in [0.15, 0.2) is 18.3 Å². The number of rotatable bonds is 4. The summed E-state index contributed by atoms with van der Waals surface area (Å²) in [5, 5.41) is 3.57. The van der Waals surface area contributed by atoms with Crippen molar-refractivity contribution in [1.82, 2.24) is 4.98 Å². The maximum atomic E-state index is 5.33. The standard InChI is InChI=1S/C14H22N2O/c1-3-11-7-4-5-8-12(11)16-14-13(17-2)9-6-10-15-14/h6,9-12H,3-5,7-8H2,1-2H3,(H,15,16). The normalized spacial score (nSPS) is 24.4. The molecule has 2 rings (SSSR count). The molecule has 2 unspecified atom stereocenters. The topological polar surface area (TPSA) is 34.2 Å². The first-order chi connectivity index (χ1) is 8.35. The van der Waals surface area contributed by atoms with Gasteiger partial charge in [-0.15, -0.1) is 0 Å². The third-order valence-electron chi connectivity index (χ3n) is 3.75. The number of hydrogen-bond acceptors (Lipinski definition) is 3. The van der Waals surface area contributed by atoms with Gasteiger partial charge in [0, 0.05) is 12.2 Å². The van der Waals surface area contributed by atoms with Crippen molar-refractivity contribution in [2.45, 2.75) is 45.1 Å². The molecular weight excluding hydrogens is 212 g/mol. The Labute approximate surface area is 104 Å². The molecule has 1 aliphatic carbocycles. The molecule has 1 aromatic rings. The van der Waals surface area contributed by atoms with Gasteiger partial charge in [-0.25, -0.2) is 4.98 Å². The van der Waals surface area contributed by atoms with Crippen LogP contribution in [0.1, 0.15) is 39.0 Å². The molecule has 0 amide bonds. The molecule has 0 radical (unpaired) electrons. The fraction of sp³-hybridized carbons (Fsp3) is 0.643. The number of hydrogen-bond donors (Lipinski definition) is 1. The minimum Gasteiger partial charge on any atom is -0.493 e. The summed E-state index contributed by atoms with van der Waals surface area (Å²) in [7, 11) is 1.69. The molecule has 0 aliphatic heterocycles. The average Bonchev–Trinajstić information content (AvgIpc) is 2.40. The van der Waals surface area contributed by atoms with Gasteiger partial charge in [-0.05, 0) is 30.9 Å². The highest BCUT2D eigenvalue weighted by Gasteiger charge is 2.24. The number of pyridine rings is 1. The van der Waals surface area contributed by atoms with Crippen LogP contribution in [0.3, 0.4) is 0 Å². The summed E-state index contributed by atoms with van der Waals surface area (Å²) in [4.78, 5) is 4.38. The van der Waals surface area contributed by atoms with Gasteiger partial charge in [-0.3, -0.25) is 0 Å². The van der Waals surface area contributed by atoms with Crippen molar-refractivity contribution < 1.29 is 4.74 Å². The molecule has 1 saturated carbocycles. The van der Waals surface area contributed by atoms with Crippen LogP contribution >= 0.6 is 0 Å². The number of anilines is 1. The van der Waals surface area contributed by atoms with Crippen LogP contribution in [0.4, 0.5) is 5.82 Å². The van der Waals surface area contributed by atoms with Crippen LogP contribution in [0.2, 0.25) is 0 Å². The lowest BCUT2D eigenvalue weighted by atomic mass is 9.83. The van der Waals surface area contributed by atoms with Crippen LogP contribution in [-0.4, -0.2) is 18.1 Å². The Morgan fingerprint density at radius 3 is 3.00 bits per heavy atom. The summed E-state index contributed by atoms with van der Waals surface area (Å²) in [6.45, 7) is 2.28. The summed E-state index contributed by atoms with van der Waals surface area (Å²) >= 11 is 0. The van der Waals surface area contributed by atoms with Gasteiger partial charge in [0.15, 0.2) is 11.6 Å². The second-order valence-corrected chi connectivity index (χ2v) is 4.76. The zero-order valence-corrected chi connectivity index (χ0v) is 10.8. The van der Waals surface area contributed by atoms with Crippen molar-refractivity contribution in [1.29, 1.82) is 0 Å². The molecule has 0 aromatic carbocycles. The maximum absolute atomic E-state index is 5.33. The van der Waals surface area contributed by atoms with Crippen molar-refractivity contribution in [2.24, 2.45) is 5.92 Å². The monoisotopic (exact) mass is 234 g/mol. The number of nitrogens with zero attached hydrogens (tertiary/aromatic N) is 1. The Bertz CT molecular complexity index is 354. The molecule has 17 heavy (non-hydrogen) atoms. The fourth-order valence-corrected chi connectivity index (χ4v) is 2.73. The molecule has 3 heteroatoms. The summed E-state index contributed by atoms with van der Waals surface area (Å²) < 4.78 is 5.33. The molecule has 94 valence electrons. The molecule has 0 saturated heterocycles. The molecule has 1 N–H and O–H groups in total. The molecular formula is C14H22N2O. The van der Waals surface area contributed by atoms with Crippen LogP contribution in [0, 0.1) is 5.92 Å². The van der Waals surface area contributed by atoms with Crippen molar-refractivity contribution >= 4 is 5.82 Å². The molecule has 3 nitrogen and oxygen atoms in total. The van der Waals surface area contributed by atoms with Crippen LogP contribution in [0.25, 0.3) is 0 Å². The molecule has 2 atom stereocenters. The van der Waals surface area contributed by atoms with E-state index in [2.05, 4.69) is 17.2 Å². The molecule has 1 aromatic heterocycles. The molecule has 0 spiro atoms. The second-order valence-electron chi connectivity index (χ2n) is 4.76. The number of ether oxygens (including phenoxy) is 1. The lowest BCUT2D eigenvalue weighted by molar-refractivity contribution is 0.315. The van der Waals surface area contributed by atoms with Gasteiger partial charge in [0.2, 0.25) is 0 Å². The number of aromatic nitrogens is 1. The highest BCUT2D eigenvalue weighted by molar-refractivity contribution is 5.50. The van der Waals surface area contributed by atoms with E-state index >= 15 is 0 Å². The maximum Gasteiger partial charge on any atom is 0.168 e. The van der Waals surface area contributed by atoms with Crippen molar-refractivity contribution in [2.75, 3.05) is 12.4 Å². The molecule has 1 aliphatic rings. The molecule has 1 fully saturated rings. The second kappa shape index (κ2) is 5.89. The minimum atomic E-state index is 0.553. The van der Waals surface area contributed by atoms with E-state index < -0.39 is 0 Å². The summed E-state index contributed by atoms with van der Waals surface area (Å²) in [5.74, 6) is 2.50. The Kier molecular flexibility index (Phi) is 4.24. The molecule has 0 bridgehead atoms. The van der Waals surface area contributed by atoms with E-state index in [0.717, 1.165) is 17.5 Å². The third-order valence-corrected chi connectivity index (χ3v) is 3.75. The zero-order valence-electron chi connectivity index (χ0n) is 10.8. The van der Waals surface area contributed by atoms with Crippen LogP contribution in [-0.2, 0) is 0 Å². The average molecular weight is 234 g/mol. The summed E-state index contributed by atoms with van der Waals surface area (Å²) in [6.07, 6.45) is 8.34. The van der Waals surface area contributed by atoms with Gasteiger partial charge in [0.1, 0.15) is 0 Å². The van der Waals surface area contributed by atoms with Gasteiger partial charge < -0.3 is 10.1 Å². The Morgan fingerprint density at radius 2 is 2.24 bits per heavy atom.